The second-order valence-electron chi connectivity index (χ2n) is 6.09. The van der Waals surface area contributed by atoms with Crippen molar-refractivity contribution in [3.05, 3.63) is 41.9 Å². The molecule has 25 heavy (non-hydrogen) atoms. The molecule has 132 valence electrons. The summed E-state index contributed by atoms with van der Waals surface area (Å²) in [6.45, 7) is 4.03. The molecule has 8 heteroatoms. The molecule has 0 unspecified atom stereocenters. The lowest BCUT2D eigenvalue weighted by atomic mass is 9.91. The summed E-state index contributed by atoms with van der Waals surface area (Å²) in [6, 6.07) is 3.46. The van der Waals surface area contributed by atoms with Crippen LogP contribution in [0, 0.1) is 13.8 Å². The number of aliphatic carboxylic acids is 1. The number of rotatable bonds is 4. The molecule has 0 aliphatic carbocycles. The van der Waals surface area contributed by atoms with Crippen molar-refractivity contribution in [1.29, 1.82) is 0 Å². The second-order valence-corrected chi connectivity index (χ2v) is 6.09. The van der Waals surface area contributed by atoms with Crippen LogP contribution in [-0.4, -0.2) is 50.5 Å². The molecule has 3 heterocycles. The highest BCUT2D eigenvalue weighted by atomic mass is 16.5. The third-order valence-electron chi connectivity index (χ3n) is 4.39. The Balaban J connectivity index is 1.72. The first-order chi connectivity index (χ1) is 11.9. The van der Waals surface area contributed by atoms with Crippen molar-refractivity contribution in [1.82, 2.24) is 14.9 Å². The van der Waals surface area contributed by atoms with Gasteiger partial charge in [-0.15, -0.1) is 0 Å². The molecule has 1 fully saturated rings. The first-order valence-electron chi connectivity index (χ1n) is 7.96. The van der Waals surface area contributed by atoms with Gasteiger partial charge in [0, 0.05) is 31.6 Å². The molecule has 0 radical (unpaired) electrons. The fraction of sp³-hybridized carbons (Fsp3) is 0.412. The van der Waals surface area contributed by atoms with Crippen LogP contribution in [-0.2, 0) is 4.79 Å². The highest BCUT2D eigenvalue weighted by Crippen LogP contribution is 2.30. The average molecular weight is 345 g/mol. The van der Waals surface area contributed by atoms with E-state index in [9.17, 15) is 14.7 Å². The third-order valence-corrected chi connectivity index (χ3v) is 4.39. The van der Waals surface area contributed by atoms with Gasteiger partial charge in [-0.25, -0.2) is 9.78 Å². The van der Waals surface area contributed by atoms with E-state index in [1.807, 2.05) is 6.92 Å². The van der Waals surface area contributed by atoms with Gasteiger partial charge in [-0.1, -0.05) is 0 Å². The van der Waals surface area contributed by atoms with Crippen LogP contribution in [0.15, 0.2) is 29.1 Å². The van der Waals surface area contributed by atoms with E-state index >= 15 is 0 Å². The Morgan fingerprint density at radius 2 is 1.96 bits per heavy atom. The lowest BCUT2D eigenvalue weighted by Gasteiger charge is -2.38. The highest BCUT2D eigenvalue weighted by Gasteiger charge is 2.45. The summed E-state index contributed by atoms with van der Waals surface area (Å²) < 4.78 is 10.8. The Labute approximate surface area is 144 Å². The molecule has 2 aromatic heterocycles. The topological polar surface area (TPSA) is 106 Å². The molecule has 0 aromatic carbocycles. The number of carboxylic acid groups (broad SMARTS) is 1. The van der Waals surface area contributed by atoms with Gasteiger partial charge in [0.15, 0.2) is 12.1 Å². The molecule has 8 nitrogen and oxygen atoms in total. The van der Waals surface area contributed by atoms with Gasteiger partial charge in [0.25, 0.3) is 5.91 Å². The summed E-state index contributed by atoms with van der Waals surface area (Å²) in [4.78, 5) is 33.9. The van der Waals surface area contributed by atoms with Gasteiger partial charge >= 0.3 is 5.97 Å². The van der Waals surface area contributed by atoms with Crippen molar-refractivity contribution in [3.63, 3.8) is 0 Å². The van der Waals surface area contributed by atoms with Crippen LogP contribution in [0.4, 0.5) is 0 Å². The quantitative estimate of drug-likeness (QED) is 0.901. The van der Waals surface area contributed by atoms with Gasteiger partial charge < -0.3 is 19.2 Å². The smallest absolute Gasteiger partial charge is 0.348 e. The predicted molar refractivity (Wildman–Crippen MR) is 86.3 cm³/mol. The Morgan fingerprint density at radius 1 is 1.24 bits per heavy atom. The van der Waals surface area contributed by atoms with Crippen molar-refractivity contribution in [2.45, 2.75) is 32.3 Å². The Hall–Kier alpha value is -2.90. The zero-order chi connectivity index (χ0) is 18.0. The molecule has 1 saturated heterocycles. The predicted octanol–water partition coefficient (Wildman–Crippen LogP) is 1.82. The molecule has 0 saturated carbocycles. The molecule has 1 amide bonds. The fourth-order valence-electron chi connectivity index (χ4n) is 2.83. The van der Waals surface area contributed by atoms with Crippen LogP contribution in [0.2, 0.25) is 0 Å². The van der Waals surface area contributed by atoms with Gasteiger partial charge in [-0.05, 0) is 26.0 Å². The Bertz CT molecular complexity index is 776. The standard InChI is InChI=1S/C17H19N3O5/c1-11-3-4-13(9-18-11)25-17(16(22)23)5-7-20(8-6-17)15(21)14-12(2)24-10-19-14/h3-4,9-10H,5-8H2,1-2H3,(H,22,23). The van der Waals surface area contributed by atoms with E-state index in [0.717, 1.165) is 5.69 Å². The number of ether oxygens (including phenoxy) is 1. The van der Waals surface area contributed by atoms with Gasteiger partial charge in [-0.2, -0.15) is 0 Å². The Kier molecular flexibility index (Phi) is 4.43. The van der Waals surface area contributed by atoms with E-state index in [1.165, 1.54) is 12.6 Å². The van der Waals surface area contributed by atoms with Gasteiger partial charge in [0.2, 0.25) is 5.60 Å². The van der Waals surface area contributed by atoms with Crippen molar-refractivity contribution >= 4 is 11.9 Å². The van der Waals surface area contributed by atoms with E-state index in [4.69, 9.17) is 9.15 Å². The van der Waals surface area contributed by atoms with Crippen molar-refractivity contribution in [2.24, 2.45) is 0 Å². The lowest BCUT2D eigenvalue weighted by molar-refractivity contribution is -0.159. The minimum Gasteiger partial charge on any atom is -0.478 e. The number of piperidine rings is 1. The number of pyridine rings is 1. The van der Waals surface area contributed by atoms with E-state index in [1.54, 1.807) is 24.0 Å². The summed E-state index contributed by atoms with van der Waals surface area (Å²) in [7, 11) is 0. The average Bonchev–Trinajstić information content (AvgIpc) is 3.03. The summed E-state index contributed by atoms with van der Waals surface area (Å²) in [5, 5.41) is 9.68. The second kappa shape index (κ2) is 6.54. The number of carbonyl (C=O) groups is 2. The van der Waals surface area contributed by atoms with Crippen molar-refractivity contribution in [2.75, 3.05) is 13.1 Å². The van der Waals surface area contributed by atoms with Crippen LogP contribution in [0.3, 0.4) is 0 Å². The number of carbonyl (C=O) groups excluding carboxylic acids is 1. The zero-order valence-electron chi connectivity index (χ0n) is 14.1. The van der Waals surface area contributed by atoms with E-state index in [0.29, 0.717) is 11.5 Å². The number of nitrogens with zero attached hydrogens (tertiary/aromatic N) is 3. The van der Waals surface area contributed by atoms with Crippen molar-refractivity contribution in [3.8, 4) is 5.75 Å². The number of hydrogen-bond donors (Lipinski definition) is 1. The maximum Gasteiger partial charge on any atom is 0.348 e. The monoisotopic (exact) mass is 345 g/mol. The van der Waals surface area contributed by atoms with Crippen LogP contribution in [0.25, 0.3) is 0 Å². The number of oxazole rings is 1. The normalized spacial score (nSPS) is 16.5. The molecule has 1 N–H and O–H groups in total. The molecular weight excluding hydrogens is 326 g/mol. The molecule has 0 spiro atoms. The van der Waals surface area contributed by atoms with E-state index < -0.39 is 11.6 Å². The summed E-state index contributed by atoms with van der Waals surface area (Å²) in [5.74, 6) is -0.456. The van der Waals surface area contributed by atoms with Gasteiger partial charge in [-0.3, -0.25) is 9.78 Å². The number of aromatic nitrogens is 2. The molecule has 0 bridgehead atoms. The molecule has 0 atom stereocenters. The summed E-state index contributed by atoms with van der Waals surface area (Å²) in [5.41, 5.74) is -0.293. The first kappa shape index (κ1) is 16.9. The summed E-state index contributed by atoms with van der Waals surface area (Å²) in [6.07, 6.45) is 3.09. The summed E-state index contributed by atoms with van der Waals surface area (Å²) >= 11 is 0. The largest absolute Gasteiger partial charge is 0.478 e. The number of carboxylic acids is 1. The molecule has 2 aromatic rings. The number of likely N-dealkylation sites (tertiary alicyclic amines) is 1. The molecular formula is C17H19N3O5. The molecule has 1 aliphatic rings. The fourth-order valence-corrected chi connectivity index (χ4v) is 2.83. The first-order valence-corrected chi connectivity index (χ1v) is 7.96. The lowest BCUT2D eigenvalue weighted by Crippen LogP contribution is -2.54. The molecule has 1 aliphatic heterocycles. The third kappa shape index (κ3) is 3.33. The van der Waals surface area contributed by atoms with E-state index in [-0.39, 0.29) is 37.5 Å². The zero-order valence-corrected chi connectivity index (χ0v) is 14.1. The number of aryl methyl sites for hydroxylation is 2. The number of hydrogen-bond acceptors (Lipinski definition) is 6. The maximum absolute atomic E-state index is 12.5. The number of amides is 1. The van der Waals surface area contributed by atoms with Crippen molar-refractivity contribution < 1.29 is 23.8 Å². The van der Waals surface area contributed by atoms with Crippen LogP contribution in [0.1, 0.15) is 34.8 Å². The van der Waals surface area contributed by atoms with Crippen LogP contribution in [0.5, 0.6) is 5.75 Å². The van der Waals surface area contributed by atoms with Crippen LogP contribution < -0.4 is 4.74 Å². The maximum atomic E-state index is 12.5. The molecule has 3 rings (SSSR count). The minimum atomic E-state index is -1.37. The van der Waals surface area contributed by atoms with Gasteiger partial charge in [0.1, 0.15) is 11.5 Å². The highest BCUT2D eigenvalue weighted by molar-refractivity contribution is 5.93. The van der Waals surface area contributed by atoms with Gasteiger partial charge in [0.05, 0.1) is 6.20 Å². The minimum absolute atomic E-state index is 0.179. The Morgan fingerprint density at radius 3 is 2.48 bits per heavy atom. The van der Waals surface area contributed by atoms with Crippen LogP contribution >= 0.6 is 0 Å². The SMILES string of the molecule is Cc1ccc(OC2(C(=O)O)CCN(C(=O)c3ncoc3C)CC2)cn1. The van der Waals surface area contributed by atoms with E-state index in [2.05, 4.69) is 9.97 Å².